The Balaban J connectivity index is 1.93. The second kappa shape index (κ2) is 6.05. The molecule has 3 aromatic rings. The number of thiocarbonyl (C=S) groups is 1. The van der Waals surface area contributed by atoms with Crippen LogP contribution in [0.2, 0.25) is 0 Å². The molecule has 0 saturated heterocycles. The van der Waals surface area contributed by atoms with Crippen molar-refractivity contribution < 1.29 is 9.15 Å². The van der Waals surface area contributed by atoms with Gasteiger partial charge in [0.1, 0.15) is 16.3 Å². The van der Waals surface area contributed by atoms with Crippen LogP contribution in [0.15, 0.2) is 40.8 Å². The molecule has 4 heteroatoms. The molecule has 3 nitrogen and oxygen atoms in total. The van der Waals surface area contributed by atoms with Crippen molar-refractivity contribution in [2.75, 3.05) is 12.4 Å². The fourth-order valence-electron chi connectivity index (χ4n) is 2.65. The number of benzene rings is 2. The first-order valence-corrected chi connectivity index (χ1v) is 7.85. The van der Waals surface area contributed by atoms with E-state index in [2.05, 4.69) is 25.2 Å². The Morgan fingerprint density at radius 1 is 1.04 bits per heavy atom. The predicted molar refractivity (Wildman–Crippen MR) is 98.7 cm³/mol. The first kappa shape index (κ1) is 15.6. The predicted octanol–water partition coefficient (Wildman–Crippen LogP) is 5.15. The molecule has 0 saturated carbocycles. The molecule has 3 rings (SSSR count). The zero-order valence-electron chi connectivity index (χ0n) is 13.7. The summed E-state index contributed by atoms with van der Waals surface area (Å²) < 4.78 is 11.2. The molecule has 0 aliphatic heterocycles. The maximum Gasteiger partial charge on any atom is 0.162 e. The molecule has 1 N–H and O–H groups in total. The fourth-order valence-corrected chi connectivity index (χ4v) is 2.86. The Kier molecular flexibility index (Phi) is 4.09. The van der Waals surface area contributed by atoms with E-state index < -0.39 is 0 Å². The summed E-state index contributed by atoms with van der Waals surface area (Å²) in [6.07, 6.45) is 0. The maximum atomic E-state index is 5.93. The number of rotatable bonds is 3. The molecule has 0 unspecified atom stereocenters. The maximum absolute atomic E-state index is 5.93. The monoisotopic (exact) mass is 325 g/mol. The van der Waals surface area contributed by atoms with E-state index in [9.17, 15) is 0 Å². The Morgan fingerprint density at radius 2 is 1.83 bits per heavy atom. The van der Waals surface area contributed by atoms with Gasteiger partial charge in [-0.25, -0.2) is 0 Å². The van der Waals surface area contributed by atoms with E-state index in [4.69, 9.17) is 21.4 Å². The van der Waals surface area contributed by atoms with Crippen LogP contribution in [0, 0.1) is 20.8 Å². The van der Waals surface area contributed by atoms with E-state index in [1.165, 1.54) is 11.1 Å². The van der Waals surface area contributed by atoms with Crippen molar-refractivity contribution in [3.8, 4) is 5.75 Å². The summed E-state index contributed by atoms with van der Waals surface area (Å²) >= 11 is 5.51. The molecule has 118 valence electrons. The average Bonchev–Trinajstić information content (AvgIpc) is 2.93. The highest BCUT2D eigenvalue weighted by molar-refractivity contribution is 7.81. The Labute approximate surface area is 141 Å². The molecule has 0 aliphatic rings. The van der Waals surface area contributed by atoms with E-state index in [0.29, 0.717) is 10.7 Å². The van der Waals surface area contributed by atoms with E-state index in [1.54, 1.807) is 7.11 Å². The molecule has 0 atom stereocenters. The standard InChI is InChI=1S/C19H19NO2S/c1-11-7-13(3)15-10-18(22-17(15)8-11)19(23)20-16-9-14(21-4)6-5-12(16)2/h5-10H,1-4H3,(H,20,23). The van der Waals surface area contributed by atoms with E-state index in [0.717, 1.165) is 28.0 Å². The van der Waals surface area contributed by atoms with Crippen LogP contribution in [-0.2, 0) is 0 Å². The smallest absolute Gasteiger partial charge is 0.162 e. The molecule has 1 aromatic heterocycles. The average molecular weight is 325 g/mol. The van der Waals surface area contributed by atoms with Gasteiger partial charge in [-0.3, -0.25) is 0 Å². The minimum Gasteiger partial charge on any atom is -0.497 e. The van der Waals surface area contributed by atoms with Crippen LogP contribution in [0.1, 0.15) is 22.5 Å². The first-order chi connectivity index (χ1) is 11.0. The molecule has 2 aromatic carbocycles. The minimum atomic E-state index is 0.564. The van der Waals surface area contributed by atoms with Gasteiger partial charge in [-0.05, 0) is 55.7 Å². The summed E-state index contributed by atoms with van der Waals surface area (Å²) in [4.78, 5) is 0.564. The van der Waals surface area contributed by atoms with Gasteiger partial charge in [0.05, 0.1) is 7.11 Å². The van der Waals surface area contributed by atoms with Crippen LogP contribution in [0.3, 0.4) is 0 Å². The zero-order valence-corrected chi connectivity index (χ0v) is 14.5. The van der Waals surface area contributed by atoms with Crippen molar-refractivity contribution in [3.63, 3.8) is 0 Å². The summed E-state index contributed by atoms with van der Waals surface area (Å²) in [5.41, 5.74) is 5.25. The third kappa shape index (κ3) is 3.08. The summed E-state index contributed by atoms with van der Waals surface area (Å²) in [5.74, 6) is 1.46. The topological polar surface area (TPSA) is 34.4 Å². The number of furan rings is 1. The molecule has 0 fully saturated rings. The second-order valence-electron chi connectivity index (χ2n) is 5.74. The highest BCUT2D eigenvalue weighted by atomic mass is 32.1. The number of nitrogens with one attached hydrogen (secondary N) is 1. The van der Waals surface area contributed by atoms with E-state index in [1.807, 2.05) is 37.3 Å². The highest BCUT2D eigenvalue weighted by Gasteiger charge is 2.12. The molecule has 0 aliphatic carbocycles. The highest BCUT2D eigenvalue weighted by Crippen LogP contribution is 2.27. The number of fused-ring (bicyclic) bond motifs is 1. The van der Waals surface area contributed by atoms with Crippen LogP contribution in [0.25, 0.3) is 11.0 Å². The number of hydrogen-bond donors (Lipinski definition) is 1. The van der Waals surface area contributed by atoms with Crippen molar-refractivity contribution in [2.24, 2.45) is 0 Å². The number of hydrogen-bond acceptors (Lipinski definition) is 3. The van der Waals surface area contributed by atoms with Crippen molar-refractivity contribution in [1.29, 1.82) is 0 Å². The number of aryl methyl sites for hydroxylation is 3. The lowest BCUT2D eigenvalue weighted by molar-refractivity contribution is 0.415. The molecule has 0 bridgehead atoms. The number of ether oxygens (including phenoxy) is 1. The van der Waals surface area contributed by atoms with Crippen LogP contribution in [0.5, 0.6) is 5.75 Å². The van der Waals surface area contributed by atoms with Crippen molar-refractivity contribution in [3.05, 3.63) is 58.8 Å². The van der Waals surface area contributed by atoms with Gasteiger partial charge >= 0.3 is 0 Å². The molecule has 23 heavy (non-hydrogen) atoms. The van der Waals surface area contributed by atoms with Crippen LogP contribution >= 0.6 is 12.2 Å². The zero-order chi connectivity index (χ0) is 16.6. The molecular formula is C19H19NO2S. The van der Waals surface area contributed by atoms with Crippen molar-refractivity contribution in [1.82, 2.24) is 0 Å². The molecule has 1 heterocycles. The van der Waals surface area contributed by atoms with Crippen molar-refractivity contribution >= 4 is 33.9 Å². The summed E-state index contributed by atoms with van der Waals surface area (Å²) in [6, 6.07) is 12.0. The van der Waals surface area contributed by atoms with Gasteiger partial charge in [0.15, 0.2) is 5.76 Å². The second-order valence-corrected chi connectivity index (χ2v) is 6.15. The van der Waals surface area contributed by atoms with Crippen molar-refractivity contribution in [2.45, 2.75) is 20.8 Å². The van der Waals surface area contributed by atoms with Crippen LogP contribution < -0.4 is 10.1 Å². The quantitative estimate of drug-likeness (QED) is 0.675. The summed E-state index contributed by atoms with van der Waals surface area (Å²) in [7, 11) is 1.65. The van der Waals surface area contributed by atoms with Gasteiger partial charge in [-0.15, -0.1) is 0 Å². The largest absolute Gasteiger partial charge is 0.497 e. The summed E-state index contributed by atoms with van der Waals surface area (Å²) in [6.45, 7) is 6.17. The van der Waals surface area contributed by atoms with Gasteiger partial charge in [0.25, 0.3) is 0 Å². The Morgan fingerprint density at radius 3 is 2.57 bits per heavy atom. The molecule has 0 spiro atoms. The van der Waals surface area contributed by atoms with Crippen LogP contribution in [0.4, 0.5) is 5.69 Å². The van der Waals surface area contributed by atoms with Gasteiger partial charge in [-0.2, -0.15) is 0 Å². The lowest BCUT2D eigenvalue weighted by Gasteiger charge is -2.10. The van der Waals surface area contributed by atoms with Gasteiger partial charge < -0.3 is 14.5 Å². The number of anilines is 1. The van der Waals surface area contributed by atoms with Gasteiger partial charge in [0, 0.05) is 17.1 Å². The lowest BCUT2D eigenvalue weighted by Crippen LogP contribution is -2.10. The molecule has 0 amide bonds. The van der Waals surface area contributed by atoms with Crippen LogP contribution in [-0.4, -0.2) is 12.1 Å². The van der Waals surface area contributed by atoms with Gasteiger partial charge in [0.2, 0.25) is 0 Å². The molecular weight excluding hydrogens is 306 g/mol. The minimum absolute atomic E-state index is 0.564. The molecule has 0 radical (unpaired) electrons. The summed E-state index contributed by atoms with van der Waals surface area (Å²) in [5, 5.41) is 4.35. The first-order valence-electron chi connectivity index (χ1n) is 7.44. The fraction of sp³-hybridized carbons (Fsp3) is 0.211. The third-order valence-corrected chi connectivity index (χ3v) is 4.21. The Bertz CT molecular complexity index is 896. The van der Waals surface area contributed by atoms with E-state index >= 15 is 0 Å². The Hall–Kier alpha value is -2.33. The van der Waals surface area contributed by atoms with E-state index in [-0.39, 0.29) is 0 Å². The third-order valence-electron chi connectivity index (χ3n) is 3.91. The SMILES string of the molecule is COc1ccc(C)c(NC(=S)c2cc3c(C)cc(C)cc3o2)c1. The number of methoxy groups -OCH3 is 1. The normalized spacial score (nSPS) is 10.8. The lowest BCUT2D eigenvalue weighted by atomic mass is 10.1. The van der Waals surface area contributed by atoms with Gasteiger partial charge in [-0.1, -0.05) is 24.4 Å².